The number of aromatic amines is 1. The van der Waals surface area contributed by atoms with Gasteiger partial charge in [-0.15, -0.1) is 11.8 Å². The highest BCUT2D eigenvalue weighted by Crippen LogP contribution is 2.31. The van der Waals surface area contributed by atoms with Crippen molar-refractivity contribution < 1.29 is 4.79 Å². The fourth-order valence-corrected chi connectivity index (χ4v) is 5.58. The standard InChI is InChI=1S/C25H31N3O2S/c1-16-13-22(31-3)20(24(29)27-16)14-26-25(30)23-17(2)28(15-18-9-5-4-6-10-18)21-12-8-7-11-19(21)23/h7-8,11-13,18H,4-6,9-10,14-15H2,1-3H3,(H,26,30)(H,27,29). The number of nitrogens with one attached hydrogen (secondary N) is 2. The minimum atomic E-state index is -0.138. The third-order valence-electron chi connectivity index (χ3n) is 6.50. The van der Waals surface area contributed by atoms with Crippen LogP contribution in [0.15, 0.2) is 40.0 Å². The van der Waals surface area contributed by atoms with E-state index in [2.05, 4.69) is 20.9 Å². The van der Waals surface area contributed by atoms with Crippen LogP contribution in [0, 0.1) is 19.8 Å². The van der Waals surface area contributed by atoms with Crippen LogP contribution in [0.5, 0.6) is 0 Å². The maximum Gasteiger partial charge on any atom is 0.254 e. The van der Waals surface area contributed by atoms with Gasteiger partial charge in [-0.05, 0) is 51.0 Å². The lowest BCUT2D eigenvalue weighted by molar-refractivity contribution is 0.0951. The number of benzene rings is 1. The minimum absolute atomic E-state index is 0.122. The van der Waals surface area contributed by atoms with Gasteiger partial charge in [-0.1, -0.05) is 37.5 Å². The Bertz CT molecular complexity index is 1160. The molecule has 1 saturated carbocycles. The minimum Gasteiger partial charge on any atom is -0.348 e. The quantitative estimate of drug-likeness (QED) is 0.522. The molecule has 0 spiro atoms. The summed E-state index contributed by atoms with van der Waals surface area (Å²) in [6.45, 7) is 5.10. The van der Waals surface area contributed by atoms with Crippen molar-refractivity contribution in [3.63, 3.8) is 0 Å². The van der Waals surface area contributed by atoms with Gasteiger partial charge in [0.05, 0.1) is 5.56 Å². The maximum atomic E-state index is 13.3. The second-order valence-corrected chi connectivity index (χ2v) is 9.45. The average molecular weight is 438 g/mol. The summed E-state index contributed by atoms with van der Waals surface area (Å²) >= 11 is 1.53. The largest absolute Gasteiger partial charge is 0.348 e. The van der Waals surface area contributed by atoms with E-state index < -0.39 is 0 Å². The lowest BCUT2D eigenvalue weighted by atomic mass is 9.89. The fourth-order valence-electron chi connectivity index (χ4n) is 4.87. The zero-order valence-corrected chi connectivity index (χ0v) is 19.4. The van der Waals surface area contributed by atoms with Gasteiger partial charge in [-0.3, -0.25) is 9.59 Å². The molecule has 1 amide bonds. The molecule has 0 bridgehead atoms. The molecule has 164 valence electrons. The first kappa shape index (κ1) is 21.8. The van der Waals surface area contributed by atoms with Crippen LogP contribution in [-0.4, -0.2) is 21.7 Å². The first-order valence-electron chi connectivity index (χ1n) is 11.1. The molecule has 4 rings (SSSR count). The van der Waals surface area contributed by atoms with Crippen LogP contribution in [0.4, 0.5) is 0 Å². The third-order valence-corrected chi connectivity index (χ3v) is 7.30. The van der Waals surface area contributed by atoms with Gasteiger partial charge in [0.15, 0.2) is 0 Å². The Labute approximate surface area is 187 Å². The highest BCUT2D eigenvalue weighted by molar-refractivity contribution is 7.98. The number of carbonyl (C=O) groups is 1. The molecule has 0 saturated heterocycles. The molecule has 6 heteroatoms. The van der Waals surface area contributed by atoms with E-state index in [9.17, 15) is 9.59 Å². The second-order valence-electron chi connectivity index (χ2n) is 8.60. The number of rotatable bonds is 6. The molecule has 0 aliphatic heterocycles. The maximum absolute atomic E-state index is 13.3. The van der Waals surface area contributed by atoms with Gasteiger partial charge in [0.25, 0.3) is 11.5 Å². The predicted molar refractivity (Wildman–Crippen MR) is 128 cm³/mol. The number of amides is 1. The van der Waals surface area contributed by atoms with Crippen molar-refractivity contribution in [2.45, 2.75) is 63.9 Å². The number of hydrogen-bond donors (Lipinski definition) is 2. The van der Waals surface area contributed by atoms with E-state index in [4.69, 9.17) is 0 Å². The van der Waals surface area contributed by atoms with E-state index in [-0.39, 0.29) is 18.0 Å². The van der Waals surface area contributed by atoms with Crippen molar-refractivity contribution >= 4 is 28.6 Å². The Kier molecular flexibility index (Phi) is 6.56. The first-order chi connectivity index (χ1) is 15.0. The van der Waals surface area contributed by atoms with E-state index in [1.807, 2.05) is 44.4 Å². The monoisotopic (exact) mass is 437 g/mol. The summed E-state index contributed by atoms with van der Waals surface area (Å²) in [6, 6.07) is 10.1. The molecule has 1 aliphatic carbocycles. The van der Waals surface area contributed by atoms with Gasteiger partial charge in [-0.25, -0.2) is 0 Å². The van der Waals surface area contributed by atoms with E-state index in [0.717, 1.165) is 39.3 Å². The number of H-pyrrole nitrogens is 1. The number of fused-ring (bicyclic) bond motifs is 1. The normalized spacial score (nSPS) is 14.8. The highest BCUT2D eigenvalue weighted by Gasteiger charge is 2.23. The molecule has 1 fully saturated rings. The van der Waals surface area contributed by atoms with Crippen molar-refractivity contribution in [1.29, 1.82) is 0 Å². The Hall–Kier alpha value is -2.47. The highest BCUT2D eigenvalue weighted by atomic mass is 32.2. The Morgan fingerprint density at radius 1 is 1.19 bits per heavy atom. The summed E-state index contributed by atoms with van der Waals surface area (Å²) in [5.41, 5.74) is 4.14. The van der Waals surface area contributed by atoms with Gasteiger partial charge >= 0.3 is 0 Å². The fraction of sp³-hybridized carbons (Fsp3) is 0.440. The van der Waals surface area contributed by atoms with E-state index in [1.165, 1.54) is 43.9 Å². The number of thioether (sulfide) groups is 1. The number of pyridine rings is 1. The van der Waals surface area contributed by atoms with Crippen molar-refractivity contribution in [3.8, 4) is 0 Å². The van der Waals surface area contributed by atoms with Crippen molar-refractivity contribution in [1.82, 2.24) is 14.9 Å². The number of para-hydroxylation sites is 1. The van der Waals surface area contributed by atoms with E-state index in [0.29, 0.717) is 11.5 Å². The number of aromatic nitrogens is 2. The number of hydrogen-bond acceptors (Lipinski definition) is 3. The van der Waals surface area contributed by atoms with Crippen LogP contribution in [0.25, 0.3) is 10.9 Å². The summed E-state index contributed by atoms with van der Waals surface area (Å²) in [6.07, 6.45) is 8.43. The molecule has 0 atom stereocenters. The van der Waals surface area contributed by atoms with Crippen molar-refractivity contribution in [2.24, 2.45) is 5.92 Å². The first-order valence-corrected chi connectivity index (χ1v) is 12.3. The molecule has 1 aliphatic rings. The Morgan fingerprint density at radius 3 is 2.68 bits per heavy atom. The van der Waals surface area contributed by atoms with Crippen LogP contribution in [0.3, 0.4) is 0 Å². The summed E-state index contributed by atoms with van der Waals surface area (Å²) in [4.78, 5) is 29.5. The summed E-state index contributed by atoms with van der Waals surface area (Å²) < 4.78 is 2.33. The zero-order chi connectivity index (χ0) is 22.0. The topological polar surface area (TPSA) is 66.9 Å². The molecule has 2 aromatic heterocycles. The third kappa shape index (κ3) is 4.45. The molecule has 3 aromatic rings. The second kappa shape index (κ2) is 9.35. The molecule has 0 unspecified atom stereocenters. The van der Waals surface area contributed by atoms with Crippen LogP contribution in [0.1, 0.15) is 59.4 Å². The van der Waals surface area contributed by atoms with Crippen molar-refractivity contribution in [2.75, 3.05) is 6.26 Å². The number of carbonyl (C=O) groups excluding carboxylic acids is 1. The molecular formula is C25H31N3O2S. The Balaban J connectivity index is 1.63. The van der Waals surface area contributed by atoms with Crippen LogP contribution in [-0.2, 0) is 13.1 Å². The predicted octanol–water partition coefficient (Wildman–Crippen LogP) is 5.18. The zero-order valence-electron chi connectivity index (χ0n) is 18.6. The van der Waals surface area contributed by atoms with E-state index >= 15 is 0 Å². The SMILES string of the molecule is CSc1cc(C)[nH]c(=O)c1CNC(=O)c1c(C)n(CC2CCCCC2)c2ccccc12. The lowest BCUT2D eigenvalue weighted by Gasteiger charge is -2.23. The van der Waals surface area contributed by atoms with Crippen LogP contribution in [0.2, 0.25) is 0 Å². The summed E-state index contributed by atoms with van der Waals surface area (Å²) in [7, 11) is 0. The Morgan fingerprint density at radius 2 is 1.94 bits per heavy atom. The molecular weight excluding hydrogens is 406 g/mol. The van der Waals surface area contributed by atoms with Gasteiger partial charge in [0, 0.05) is 45.8 Å². The average Bonchev–Trinajstić information content (AvgIpc) is 3.04. The van der Waals surface area contributed by atoms with Crippen LogP contribution >= 0.6 is 11.8 Å². The number of nitrogens with zero attached hydrogens (tertiary/aromatic N) is 1. The van der Waals surface area contributed by atoms with Gasteiger partial charge in [-0.2, -0.15) is 0 Å². The smallest absolute Gasteiger partial charge is 0.254 e. The molecule has 2 N–H and O–H groups in total. The summed E-state index contributed by atoms with van der Waals surface area (Å²) in [5.74, 6) is 0.553. The molecule has 2 heterocycles. The molecule has 31 heavy (non-hydrogen) atoms. The van der Waals surface area contributed by atoms with Gasteiger partial charge in [0.1, 0.15) is 0 Å². The lowest BCUT2D eigenvalue weighted by Crippen LogP contribution is -2.28. The molecule has 1 aromatic carbocycles. The molecule has 5 nitrogen and oxygen atoms in total. The van der Waals surface area contributed by atoms with E-state index in [1.54, 1.807) is 0 Å². The summed E-state index contributed by atoms with van der Waals surface area (Å²) in [5, 5.41) is 4.00. The van der Waals surface area contributed by atoms with Crippen LogP contribution < -0.4 is 10.9 Å². The molecule has 0 radical (unpaired) electrons. The van der Waals surface area contributed by atoms with Crippen molar-refractivity contribution in [3.05, 3.63) is 63.2 Å². The van der Waals surface area contributed by atoms with Gasteiger partial charge in [0.2, 0.25) is 0 Å². The van der Waals surface area contributed by atoms with Gasteiger partial charge < -0.3 is 14.9 Å². The number of aryl methyl sites for hydroxylation is 1.